The summed E-state index contributed by atoms with van der Waals surface area (Å²) >= 11 is 0. The number of hydrogen-bond donors (Lipinski definition) is 1. The van der Waals surface area contributed by atoms with Crippen LogP contribution in [0.25, 0.3) is 0 Å². The molecule has 1 aliphatic heterocycles. The molecule has 0 aromatic heterocycles. The zero-order valence-electron chi connectivity index (χ0n) is 18.7. The first-order valence-corrected chi connectivity index (χ1v) is 11.3. The lowest BCUT2D eigenvalue weighted by Crippen LogP contribution is -2.51. The predicted molar refractivity (Wildman–Crippen MR) is 116 cm³/mol. The molecular formula is C24H38N2O3. The molecule has 1 N–H and O–H groups in total. The molecule has 0 bridgehead atoms. The SMILES string of the molecule is CCCOc1cc(C)c2c(c1C)C[C@H](C(C)C(=O)N1CCN(CCO)CC1)CC2. The number of piperazine rings is 1. The molecule has 2 aliphatic rings. The van der Waals surface area contributed by atoms with Gasteiger partial charge in [0, 0.05) is 38.6 Å². The van der Waals surface area contributed by atoms with Crippen LogP contribution >= 0.6 is 0 Å². The Morgan fingerprint density at radius 3 is 2.62 bits per heavy atom. The van der Waals surface area contributed by atoms with Gasteiger partial charge in [-0.25, -0.2) is 0 Å². The largest absolute Gasteiger partial charge is 0.493 e. The molecule has 1 heterocycles. The second-order valence-electron chi connectivity index (χ2n) is 8.80. The minimum absolute atomic E-state index is 0.0486. The molecule has 1 saturated heterocycles. The van der Waals surface area contributed by atoms with E-state index < -0.39 is 0 Å². The molecule has 0 saturated carbocycles. The van der Waals surface area contributed by atoms with Crippen LogP contribution in [0.15, 0.2) is 6.07 Å². The lowest BCUT2D eigenvalue weighted by atomic mass is 9.74. The average molecular weight is 403 g/mol. The summed E-state index contributed by atoms with van der Waals surface area (Å²) in [6, 6.07) is 2.20. The number of ether oxygens (including phenoxy) is 1. The summed E-state index contributed by atoms with van der Waals surface area (Å²) in [4.78, 5) is 17.4. The first kappa shape index (κ1) is 22.1. The zero-order valence-corrected chi connectivity index (χ0v) is 18.7. The van der Waals surface area contributed by atoms with Gasteiger partial charge in [0.2, 0.25) is 5.91 Å². The van der Waals surface area contributed by atoms with Crippen LogP contribution in [0.1, 0.15) is 48.9 Å². The minimum Gasteiger partial charge on any atom is -0.493 e. The van der Waals surface area contributed by atoms with E-state index in [0.29, 0.717) is 18.4 Å². The summed E-state index contributed by atoms with van der Waals surface area (Å²) in [5.74, 6) is 1.76. The Balaban J connectivity index is 1.68. The zero-order chi connectivity index (χ0) is 21.0. The number of aryl methyl sites for hydroxylation is 1. The van der Waals surface area contributed by atoms with Gasteiger partial charge in [0.05, 0.1) is 13.2 Å². The van der Waals surface area contributed by atoms with E-state index in [1.807, 2.05) is 4.90 Å². The Morgan fingerprint density at radius 1 is 1.24 bits per heavy atom. The van der Waals surface area contributed by atoms with Crippen molar-refractivity contribution in [3.05, 3.63) is 28.3 Å². The smallest absolute Gasteiger partial charge is 0.225 e. The van der Waals surface area contributed by atoms with Crippen LogP contribution in [0.4, 0.5) is 0 Å². The van der Waals surface area contributed by atoms with E-state index in [1.165, 1.54) is 22.3 Å². The molecular weight excluding hydrogens is 364 g/mol. The number of aliphatic hydroxyl groups is 1. The van der Waals surface area contributed by atoms with Crippen molar-refractivity contribution >= 4 is 5.91 Å². The third-order valence-electron chi connectivity index (χ3n) is 6.90. The molecule has 0 spiro atoms. The molecule has 0 radical (unpaired) electrons. The summed E-state index contributed by atoms with van der Waals surface area (Å²) in [5.41, 5.74) is 5.48. The highest BCUT2D eigenvalue weighted by Crippen LogP contribution is 2.38. The van der Waals surface area contributed by atoms with Crippen molar-refractivity contribution in [2.45, 2.75) is 53.4 Å². The van der Waals surface area contributed by atoms with Crippen molar-refractivity contribution in [1.29, 1.82) is 0 Å². The summed E-state index contributed by atoms with van der Waals surface area (Å²) in [6.45, 7) is 13.6. The number of nitrogens with zero attached hydrogens (tertiary/aromatic N) is 2. The van der Waals surface area contributed by atoms with E-state index in [4.69, 9.17) is 9.84 Å². The van der Waals surface area contributed by atoms with Crippen molar-refractivity contribution in [2.24, 2.45) is 11.8 Å². The Morgan fingerprint density at radius 2 is 1.97 bits per heavy atom. The summed E-state index contributed by atoms with van der Waals surface area (Å²) in [7, 11) is 0. The highest BCUT2D eigenvalue weighted by atomic mass is 16.5. The molecule has 2 atom stereocenters. The van der Waals surface area contributed by atoms with Crippen LogP contribution in [-0.4, -0.2) is 66.8 Å². The minimum atomic E-state index is 0.0486. The van der Waals surface area contributed by atoms with Gasteiger partial charge < -0.3 is 14.7 Å². The highest BCUT2D eigenvalue weighted by Gasteiger charge is 2.33. The van der Waals surface area contributed by atoms with Gasteiger partial charge in [-0.05, 0) is 73.8 Å². The number of β-amino-alcohol motifs (C(OH)–C–C–N with tert-alkyl or cyclic N) is 1. The van der Waals surface area contributed by atoms with Crippen LogP contribution in [0.2, 0.25) is 0 Å². The number of rotatable bonds is 7. The fourth-order valence-electron chi connectivity index (χ4n) is 4.94. The average Bonchev–Trinajstić information content (AvgIpc) is 2.74. The summed E-state index contributed by atoms with van der Waals surface area (Å²) in [6.07, 6.45) is 4.13. The van der Waals surface area contributed by atoms with Crippen LogP contribution in [0.5, 0.6) is 5.75 Å². The fourth-order valence-corrected chi connectivity index (χ4v) is 4.94. The normalized spacial score (nSPS) is 21.0. The van der Waals surface area contributed by atoms with Gasteiger partial charge in [0.1, 0.15) is 5.75 Å². The Kier molecular flexibility index (Phi) is 7.58. The van der Waals surface area contributed by atoms with Crippen molar-refractivity contribution < 1.29 is 14.6 Å². The molecule has 1 fully saturated rings. The van der Waals surface area contributed by atoms with E-state index in [9.17, 15) is 4.79 Å². The molecule has 1 unspecified atom stereocenters. The van der Waals surface area contributed by atoms with E-state index in [2.05, 4.69) is 38.7 Å². The molecule has 29 heavy (non-hydrogen) atoms. The maximum Gasteiger partial charge on any atom is 0.225 e. The molecule has 1 aromatic rings. The van der Waals surface area contributed by atoms with Crippen molar-refractivity contribution in [2.75, 3.05) is 45.9 Å². The quantitative estimate of drug-likeness (QED) is 0.762. The predicted octanol–water partition coefficient (Wildman–Crippen LogP) is 2.97. The lowest BCUT2D eigenvalue weighted by Gasteiger charge is -2.38. The molecule has 5 nitrogen and oxygen atoms in total. The number of amides is 1. The standard InChI is InChI=1S/C24H38N2O3/c1-5-14-29-23-15-17(2)21-7-6-20(16-22(21)19(23)4)18(3)24(28)26-10-8-25(9-11-26)12-13-27/h15,18,20,27H,5-14,16H2,1-4H3/t18?,20-/m1/s1. The van der Waals surface area contributed by atoms with E-state index >= 15 is 0 Å². The molecule has 5 heteroatoms. The first-order valence-electron chi connectivity index (χ1n) is 11.3. The topological polar surface area (TPSA) is 53.0 Å². The van der Waals surface area contributed by atoms with Gasteiger partial charge in [-0.1, -0.05) is 13.8 Å². The number of benzene rings is 1. The highest BCUT2D eigenvalue weighted by molar-refractivity contribution is 5.79. The van der Waals surface area contributed by atoms with Crippen molar-refractivity contribution in [3.63, 3.8) is 0 Å². The van der Waals surface area contributed by atoms with Gasteiger partial charge in [-0.2, -0.15) is 0 Å². The third-order valence-corrected chi connectivity index (χ3v) is 6.90. The number of hydrogen-bond acceptors (Lipinski definition) is 4. The fraction of sp³-hybridized carbons (Fsp3) is 0.708. The molecule has 3 rings (SSSR count). The van der Waals surface area contributed by atoms with Crippen molar-refractivity contribution in [1.82, 2.24) is 9.80 Å². The van der Waals surface area contributed by atoms with Crippen LogP contribution < -0.4 is 4.74 Å². The monoisotopic (exact) mass is 402 g/mol. The lowest BCUT2D eigenvalue weighted by molar-refractivity contribution is -0.138. The molecule has 1 aromatic carbocycles. The molecule has 162 valence electrons. The van der Waals surface area contributed by atoms with Gasteiger partial charge in [-0.3, -0.25) is 9.69 Å². The maximum absolute atomic E-state index is 13.2. The number of fused-ring (bicyclic) bond motifs is 1. The molecule has 1 amide bonds. The van der Waals surface area contributed by atoms with E-state index in [-0.39, 0.29) is 12.5 Å². The Hall–Kier alpha value is -1.59. The van der Waals surface area contributed by atoms with Gasteiger partial charge in [0.25, 0.3) is 0 Å². The summed E-state index contributed by atoms with van der Waals surface area (Å²) < 4.78 is 6.00. The van der Waals surface area contributed by atoms with E-state index in [0.717, 1.165) is 64.2 Å². The van der Waals surface area contributed by atoms with Gasteiger partial charge >= 0.3 is 0 Å². The van der Waals surface area contributed by atoms with E-state index in [1.54, 1.807) is 0 Å². The van der Waals surface area contributed by atoms with Crippen molar-refractivity contribution in [3.8, 4) is 5.75 Å². The van der Waals surface area contributed by atoms with Crippen LogP contribution in [0.3, 0.4) is 0 Å². The van der Waals surface area contributed by atoms with Gasteiger partial charge in [0.15, 0.2) is 0 Å². The number of carbonyl (C=O) groups is 1. The summed E-state index contributed by atoms with van der Waals surface area (Å²) in [5, 5.41) is 9.11. The first-order chi connectivity index (χ1) is 14.0. The Bertz CT molecular complexity index is 711. The third kappa shape index (κ3) is 4.95. The Labute approximate surface area is 176 Å². The van der Waals surface area contributed by atoms with Crippen LogP contribution in [0, 0.1) is 25.7 Å². The number of aliphatic hydroxyl groups excluding tert-OH is 1. The number of carbonyl (C=O) groups excluding carboxylic acids is 1. The maximum atomic E-state index is 13.2. The van der Waals surface area contributed by atoms with Gasteiger partial charge in [-0.15, -0.1) is 0 Å². The second kappa shape index (κ2) is 9.94. The van der Waals surface area contributed by atoms with Crippen LogP contribution in [-0.2, 0) is 17.6 Å². The molecule has 1 aliphatic carbocycles. The second-order valence-corrected chi connectivity index (χ2v) is 8.80.